The number of anilines is 1. The SMILES string of the molecule is [2H]c1c([2H])c(N2CCN(C([2H])([2H])c3cccc(-c4ccccc4)c3)CC2)c2oc(=O)[nH]c2c1[2H]. The molecule has 1 fully saturated rings. The molecular formula is C24H23N3O2. The highest BCUT2D eigenvalue weighted by Crippen LogP contribution is 2.26. The minimum atomic E-state index is -1.71. The van der Waals surface area contributed by atoms with Crippen molar-refractivity contribution in [1.82, 2.24) is 9.88 Å². The fourth-order valence-electron chi connectivity index (χ4n) is 3.64. The minimum absolute atomic E-state index is 0.100. The second-order valence-corrected chi connectivity index (χ2v) is 6.97. The molecular weight excluding hydrogens is 362 g/mol. The molecule has 0 unspecified atom stereocenters. The molecule has 3 aromatic carbocycles. The average Bonchev–Trinajstić information content (AvgIpc) is 3.25. The highest BCUT2D eigenvalue weighted by atomic mass is 16.4. The third-order valence-corrected chi connectivity index (χ3v) is 5.09. The number of nitrogens with zero attached hydrogens (tertiary/aromatic N) is 2. The molecule has 0 saturated carbocycles. The predicted octanol–water partition coefficient (Wildman–Crippen LogP) is 4.11. The van der Waals surface area contributed by atoms with Gasteiger partial charge in [-0.3, -0.25) is 9.88 Å². The normalized spacial score (nSPS) is 18.1. The number of hydrogen-bond acceptors (Lipinski definition) is 4. The van der Waals surface area contributed by atoms with Crippen molar-refractivity contribution >= 4 is 16.8 Å². The zero-order chi connectivity index (χ0) is 24.0. The van der Waals surface area contributed by atoms with E-state index in [0.29, 0.717) is 37.4 Å². The van der Waals surface area contributed by atoms with Gasteiger partial charge in [-0.25, -0.2) is 4.79 Å². The number of para-hydroxylation sites is 1. The maximum Gasteiger partial charge on any atom is 0.417 e. The van der Waals surface area contributed by atoms with Gasteiger partial charge in [0.15, 0.2) is 5.58 Å². The molecule has 1 saturated heterocycles. The fourth-order valence-corrected chi connectivity index (χ4v) is 3.64. The average molecular weight is 390 g/mol. The van der Waals surface area contributed by atoms with E-state index in [-0.39, 0.29) is 29.2 Å². The van der Waals surface area contributed by atoms with E-state index in [1.165, 1.54) is 0 Å². The summed E-state index contributed by atoms with van der Waals surface area (Å²) < 4.78 is 47.4. The fraction of sp³-hybridized carbons (Fsp3) is 0.208. The van der Waals surface area contributed by atoms with Crippen LogP contribution < -0.4 is 10.7 Å². The van der Waals surface area contributed by atoms with E-state index in [0.717, 1.165) is 11.1 Å². The van der Waals surface area contributed by atoms with Gasteiger partial charge in [0.05, 0.1) is 15.3 Å². The van der Waals surface area contributed by atoms with E-state index >= 15 is 0 Å². The molecule has 29 heavy (non-hydrogen) atoms. The summed E-state index contributed by atoms with van der Waals surface area (Å²) in [7, 11) is 0. The molecule has 1 aromatic heterocycles. The van der Waals surface area contributed by atoms with Gasteiger partial charge in [-0.15, -0.1) is 0 Å². The highest BCUT2D eigenvalue weighted by molar-refractivity contribution is 5.86. The number of piperazine rings is 1. The highest BCUT2D eigenvalue weighted by Gasteiger charge is 2.20. The maximum absolute atomic E-state index is 11.8. The summed E-state index contributed by atoms with van der Waals surface area (Å²) in [6.07, 6.45) is 0. The molecule has 5 nitrogen and oxygen atoms in total. The standard InChI is InChI=1S/C24H23N3O2/c28-24-25-21-10-5-11-22(23(21)29-24)27-14-12-26(13-15-27)17-18-6-4-9-20(16-18)19-7-2-1-3-8-19/h1-11,16H,12-15,17H2,(H,25,28)/i5D,10D,11D,17D2. The third-order valence-electron chi connectivity index (χ3n) is 5.09. The first kappa shape index (κ1) is 13.0. The summed E-state index contributed by atoms with van der Waals surface area (Å²) in [6, 6.07) is 16.6. The zero-order valence-corrected chi connectivity index (χ0v) is 15.7. The number of nitrogens with one attached hydrogen (secondary N) is 1. The summed E-state index contributed by atoms with van der Waals surface area (Å²) in [5, 5.41) is 0. The molecule has 5 rings (SSSR count). The van der Waals surface area contributed by atoms with Gasteiger partial charge in [0.1, 0.15) is 0 Å². The van der Waals surface area contributed by atoms with Gasteiger partial charge in [0, 0.05) is 35.4 Å². The van der Waals surface area contributed by atoms with E-state index < -0.39 is 12.3 Å². The van der Waals surface area contributed by atoms with E-state index in [1.807, 2.05) is 53.4 Å². The van der Waals surface area contributed by atoms with Crippen molar-refractivity contribution < 1.29 is 11.3 Å². The molecule has 146 valence electrons. The first-order valence-electron chi connectivity index (χ1n) is 12.1. The number of hydrogen-bond donors (Lipinski definition) is 1. The molecule has 0 spiro atoms. The Labute approximate surface area is 176 Å². The van der Waals surface area contributed by atoms with Crippen molar-refractivity contribution in [3.05, 3.63) is 88.8 Å². The number of aromatic nitrogens is 1. The van der Waals surface area contributed by atoms with Gasteiger partial charge < -0.3 is 9.32 Å². The molecule has 0 radical (unpaired) electrons. The van der Waals surface area contributed by atoms with Crippen molar-refractivity contribution in [3.63, 3.8) is 0 Å². The Balaban J connectivity index is 1.41. The van der Waals surface area contributed by atoms with Crippen molar-refractivity contribution in [2.75, 3.05) is 31.1 Å². The van der Waals surface area contributed by atoms with Crippen LogP contribution in [0.2, 0.25) is 0 Å². The van der Waals surface area contributed by atoms with Crippen LogP contribution in [-0.4, -0.2) is 36.1 Å². The molecule has 0 aliphatic carbocycles. The van der Waals surface area contributed by atoms with Crippen molar-refractivity contribution in [3.8, 4) is 11.1 Å². The molecule has 1 aliphatic heterocycles. The number of benzene rings is 3. The van der Waals surface area contributed by atoms with Crippen LogP contribution in [0.3, 0.4) is 0 Å². The van der Waals surface area contributed by atoms with Crippen molar-refractivity contribution in [2.45, 2.75) is 6.50 Å². The Bertz CT molecular complexity index is 1410. The van der Waals surface area contributed by atoms with Gasteiger partial charge in [0.25, 0.3) is 0 Å². The van der Waals surface area contributed by atoms with Gasteiger partial charge in [-0.1, -0.05) is 54.6 Å². The first-order chi connectivity index (χ1) is 16.3. The van der Waals surface area contributed by atoms with Crippen LogP contribution in [-0.2, 0) is 6.50 Å². The monoisotopic (exact) mass is 390 g/mol. The largest absolute Gasteiger partial charge is 0.417 e. The molecule has 0 bridgehead atoms. The summed E-state index contributed by atoms with van der Waals surface area (Å²) in [5.41, 5.74) is 3.03. The van der Waals surface area contributed by atoms with Crippen LogP contribution >= 0.6 is 0 Å². The first-order valence-corrected chi connectivity index (χ1v) is 9.56. The van der Waals surface area contributed by atoms with Crippen LogP contribution in [0.15, 0.2) is 81.9 Å². The van der Waals surface area contributed by atoms with E-state index in [2.05, 4.69) is 4.98 Å². The second kappa shape index (κ2) is 7.60. The lowest BCUT2D eigenvalue weighted by Gasteiger charge is -2.36. The molecule has 5 heteroatoms. The number of aromatic amines is 1. The van der Waals surface area contributed by atoms with Gasteiger partial charge in [-0.2, -0.15) is 0 Å². The quantitative estimate of drug-likeness (QED) is 0.570. The van der Waals surface area contributed by atoms with Crippen LogP contribution in [0.1, 0.15) is 12.4 Å². The Morgan fingerprint density at radius 1 is 1.00 bits per heavy atom. The smallest absolute Gasteiger partial charge is 0.406 e. The predicted molar refractivity (Wildman–Crippen MR) is 116 cm³/mol. The summed E-state index contributed by atoms with van der Waals surface area (Å²) in [5.74, 6) is -0.733. The summed E-state index contributed by atoms with van der Waals surface area (Å²) in [6.45, 7) is -0.209. The number of oxazole rings is 1. The Hall–Kier alpha value is -3.31. The second-order valence-electron chi connectivity index (χ2n) is 6.97. The number of H-pyrrole nitrogens is 1. The van der Waals surface area contributed by atoms with Crippen LogP contribution in [0.4, 0.5) is 5.69 Å². The lowest BCUT2D eigenvalue weighted by atomic mass is 10.0. The Morgan fingerprint density at radius 3 is 2.62 bits per heavy atom. The van der Waals surface area contributed by atoms with Gasteiger partial charge in [0.2, 0.25) is 0 Å². The Morgan fingerprint density at radius 2 is 1.79 bits per heavy atom. The van der Waals surface area contributed by atoms with E-state index in [9.17, 15) is 4.79 Å². The number of fused-ring (bicyclic) bond motifs is 1. The van der Waals surface area contributed by atoms with Crippen LogP contribution in [0, 0.1) is 0 Å². The third kappa shape index (κ3) is 3.69. The van der Waals surface area contributed by atoms with Crippen LogP contribution in [0.25, 0.3) is 22.2 Å². The van der Waals surface area contributed by atoms with E-state index in [4.69, 9.17) is 11.3 Å². The molecule has 0 atom stereocenters. The zero-order valence-electron chi connectivity index (χ0n) is 20.7. The minimum Gasteiger partial charge on any atom is -0.406 e. The lowest BCUT2D eigenvalue weighted by molar-refractivity contribution is 0.250. The van der Waals surface area contributed by atoms with Crippen molar-refractivity contribution in [2.24, 2.45) is 0 Å². The lowest BCUT2D eigenvalue weighted by Crippen LogP contribution is -2.46. The molecule has 1 N–H and O–H groups in total. The summed E-state index contributed by atoms with van der Waals surface area (Å²) in [4.78, 5) is 17.8. The topological polar surface area (TPSA) is 52.5 Å². The van der Waals surface area contributed by atoms with E-state index in [1.54, 1.807) is 11.0 Å². The van der Waals surface area contributed by atoms with Crippen molar-refractivity contribution in [1.29, 1.82) is 0 Å². The molecule has 4 aromatic rings. The number of rotatable bonds is 4. The van der Waals surface area contributed by atoms with Crippen LogP contribution in [0.5, 0.6) is 0 Å². The van der Waals surface area contributed by atoms with Gasteiger partial charge >= 0.3 is 5.76 Å². The summed E-state index contributed by atoms with van der Waals surface area (Å²) >= 11 is 0. The maximum atomic E-state index is 11.8. The molecule has 1 aliphatic rings. The molecule has 0 amide bonds. The Kier molecular flexibility index (Phi) is 3.41. The molecule has 2 heterocycles. The van der Waals surface area contributed by atoms with Gasteiger partial charge in [-0.05, 0) is 34.8 Å².